The molecule has 0 fully saturated rings. The van der Waals surface area contributed by atoms with Crippen LogP contribution in [-0.2, 0) is 9.68 Å². The Morgan fingerprint density at radius 2 is 2.07 bits per heavy atom. The van der Waals surface area contributed by atoms with Crippen LogP contribution in [0, 0.1) is 6.04 Å². The average molecular weight is 200 g/mol. The van der Waals surface area contributed by atoms with Gasteiger partial charge in [0.15, 0.2) is 0 Å². The predicted molar refractivity (Wildman–Crippen MR) is 57.2 cm³/mol. The molecule has 14 heavy (non-hydrogen) atoms. The van der Waals surface area contributed by atoms with Crippen LogP contribution in [0.1, 0.15) is 13.3 Å². The zero-order chi connectivity index (χ0) is 10.8. The van der Waals surface area contributed by atoms with Crippen molar-refractivity contribution >= 4 is 12.4 Å². The van der Waals surface area contributed by atoms with Gasteiger partial charge in [0.1, 0.15) is 13.7 Å². The van der Waals surface area contributed by atoms with Gasteiger partial charge in [0.2, 0.25) is 0 Å². The summed E-state index contributed by atoms with van der Waals surface area (Å²) in [5.41, 5.74) is 0. The monoisotopic (exact) mass is 200 g/mol. The molecular formula is C9H18N3O2. The van der Waals surface area contributed by atoms with Crippen LogP contribution >= 0.6 is 0 Å². The lowest BCUT2D eigenvalue weighted by Crippen LogP contribution is -2.21. The van der Waals surface area contributed by atoms with Crippen molar-refractivity contribution < 1.29 is 9.68 Å². The molecule has 0 aromatic heterocycles. The lowest BCUT2D eigenvalue weighted by Gasteiger charge is -2.15. The van der Waals surface area contributed by atoms with Crippen molar-refractivity contribution in [3.63, 3.8) is 0 Å². The molecule has 1 radical (unpaired) electrons. The fraction of sp³-hybridized carbons (Fsp3) is 0.667. The largest absolute Gasteiger partial charge is 0.399 e. The zero-order valence-corrected chi connectivity index (χ0v) is 9.23. The molecule has 0 aromatic rings. The molecule has 0 saturated carbocycles. The standard InChI is InChI=1S/C9H18N3O2/c1-5-14-10-7-6-9(12(2)3)8-11-13-4/h7-8H,5-6H2,1-4H3. The highest BCUT2D eigenvalue weighted by Crippen LogP contribution is 2.04. The van der Waals surface area contributed by atoms with Crippen LogP contribution in [0.25, 0.3) is 0 Å². The molecule has 81 valence electrons. The molecule has 0 rings (SSSR count). The summed E-state index contributed by atoms with van der Waals surface area (Å²) in [6.07, 6.45) is 4.01. The van der Waals surface area contributed by atoms with E-state index in [1.54, 1.807) is 12.4 Å². The highest BCUT2D eigenvalue weighted by molar-refractivity contribution is 5.78. The van der Waals surface area contributed by atoms with Gasteiger partial charge in [0.05, 0.1) is 12.3 Å². The van der Waals surface area contributed by atoms with Crippen molar-refractivity contribution in [3.05, 3.63) is 6.04 Å². The molecular weight excluding hydrogens is 182 g/mol. The van der Waals surface area contributed by atoms with E-state index in [-0.39, 0.29) is 0 Å². The van der Waals surface area contributed by atoms with E-state index in [1.165, 1.54) is 7.11 Å². The molecule has 0 unspecified atom stereocenters. The second-order valence-electron chi connectivity index (χ2n) is 2.71. The maximum atomic E-state index is 4.83. The van der Waals surface area contributed by atoms with Gasteiger partial charge >= 0.3 is 0 Å². The van der Waals surface area contributed by atoms with Crippen LogP contribution in [0.5, 0.6) is 0 Å². The van der Waals surface area contributed by atoms with Crippen LogP contribution < -0.4 is 0 Å². The molecule has 0 aliphatic carbocycles. The fourth-order valence-corrected chi connectivity index (χ4v) is 0.722. The predicted octanol–water partition coefficient (Wildman–Crippen LogP) is 1.12. The van der Waals surface area contributed by atoms with E-state index in [4.69, 9.17) is 4.84 Å². The van der Waals surface area contributed by atoms with E-state index in [2.05, 4.69) is 15.1 Å². The average Bonchev–Trinajstić information content (AvgIpc) is 2.16. The quantitative estimate of drug-likeness (QED) is 0.457. The van der Waals surface area contributed by atoms with E-state index >= 15 is 0 Å². The number of oxime groups is 2. The molecule has 0 heterocycles. The number of hydrogen-bond donors (Lipinski definition) is 0. The van der Waals surface area contributed by atoms with Crippen molar-refractivity contribution in [1.29, 1.82) is 0 Å². The highest BCUT2D eigenvalue weighted by Gasteiger charge is 2.07. The van der Waals surface area contributed by atoms with Crippen molar-refractivity contribution in [2.75, 3.05) is 27.8 Å². The molecule has 0 aromatic carbocycles. The Balaban J connectivity index is 3.91. The second-order valence-corrected chi connectivity index (χ2v) is 2.71. The molecule has 5 heteroatoms. The maximum absolute atomic E-state index is 4.83. The molecule has 0 spiro atoms. The molecule has 0 bridgehead atoms. The minimum Gasteiger partial charge on any atom is -0.399 e. The summed E-state index contributed by atoms with van der Waals surface area (Å²) in [6.45, 7) is 2.47. The van der Waals surface area contributed by atoms with Gasteiger partial charge in [-0.3, -0.25) is 4.90 Å². The van der Waals surface area contributed by atoms with Crippen LogP contribution in [0.2, 0.25) is 0 Å². The van der Waals surface area contributed by atoms with E-state index in [1.807, 2.05) is 25.9 Å². The molecule has 0 N–H and O–H groups in total. The Kier molecular flexibility index (Phi) is 7.83. The SMILES string of the molecule is CCON=CC[C](C=NOC)N(C)C. The molecule has 0 amide bonds. The Morgan fingerprint density at radius 3 is 2.57 bits per heavy atom. The summed E-state index contributed by atoms with van der Waals surface area (Å²) < 4.78 is 0. The first-order valence-electron chi connectivity index (χ1n) is 4.45. The summed E-state index contributed by atoms with van der Waals surface area (Å²) in [4.78, 5) is 11.4. The van der Waals surface area contributed by atoms with Crippen LogP contribution in [0.15, 0.2) is 10.3 Å². The Labute approximate surface area is 85.3 Å². The lowest BCUT2D eigenvalue weighted by molar-refractivity contribution is 0.159. The van der Waals surface area contributed by atoms with Gasteiger partial charge in [-0.2, -0.15) is 0 Å². The van der Waals surface area contributed by atoms with E-state index < -0.39 is 0 Å². The summed E-state index contributed by atoms with van der Waals surface area (Å²) in [5.74, 6) is 0. The van der Waals surface area contributed by atoms with Gasteiger partial charge in [0, 0.05) is 12.6 Å². The third kappa shape index (κ3) is 6.42. The van der Waals surface area contributed by atoms with Gasteiger partial charge in [-0.25, -0.2) is 0 Å². The first-order valence-corrected chi connectivity index (χ1v) is 4.45. The summed E-state index contributed by atoms with van der Waals surface area (Å²) in [5, 5.41) is 7.43. The fourth-order valence-electron chi connectivity index (χ4n) is 0.722. The smallest absolute Gasteiger partial charge is 0.114 e. The highest BCUT2D eigenvalue weighted by atomic mass is 16.6. The second kappa shape index (κ2) is 8.50. The normalized spacial score (nSPS) is 12.1. The van der Waals surface area contributed by atoms with Gasteiger partial charge in [-0.15, -0.1) is 0 Å². The van der Waals surface area contributed by atoms with E-state index in [0.717, 1.165) is 6.04 Å². The van der Waals surface area contributed by atoms with Crippen molar-refractivity contribution in [2.45, 2.75) is 13.3 Å². The van der Waals surface area contributed by atoms with Crippen LogP contribution in [0.3, 0.4) is 0 Å². The van der Waals surface area contributed by atoms with Gasteiger partial charge in [0.25, 0.3) is 0 Å². The Bertz CT molecular complexity index is 181. The topological polar surface area (TPSA) is 46.4 Å². The van der Waals surface area contributed by atoms with Crippen LogP contribution in [0.4, 0.5) is 0 Å². The lowest BCUT2D eigenvalue weighted by atomic mass is 10.2. The first kappa shape index (κ1) is 12.9. The van der Waals surface area contributed by atoms with Crippen LogP contribution in [-0.4, -0.2) is 45.1 Å². The summed E-state index contributed by atoms with van der Waals surface area (Å²) >= 11 is 0. The minimum atomic E-state index is 0.583. The minimum absolute atomic E-state index is 0.583. The van der Waals surface area contributed by atoms with E-state index in [0.29, 0.717) is 13.0 Å². The maximum Gasteiger partial charge on any atom is 0.114 e. The molecule has 0 aliphatic rings. The van der Waals surface area contributed by atoms with Crippen molar-refractivity contribution in [3.8, 4) is 0 Å². The van der Waals surface area contributed by atoms with Gasteiger partial charge in [-0.1, -0.05) is 10.3 Å². The number of rotatable bonds is 7. The van der Waals surface area contributed by atoms with Gasteiger partial charge < -0.3 is 9.68 Å². The molecule has 0 saturated heterocycles. The zero-order valence-electron chi connectivity index (χ0n) is 9.23. The van der Waals surface area contributed by atoms with E-state index in [9.17, 15) is 0 Å². The first-order chi connectivity index (χ1) is 6.72. The summed E-state index contributed by atoms with van der Waals surface area (Å²) in [7, 11) is 5.38. The van der Waals surface area contributed by atoms with Crippen molar-refractivity contribution in [2.24, 2.45) is 10.3 Å². The number of hydrogen-bond acceptors (Lipinski definition) is 5. The van der Waals surface area contributed by atoms with Crippen molar-refractivity contribution in [1.82, 2.24) is 4.90 Å². The Morgan fingerprint density at radius 1 is 1.36 bits per heavy atom. The Hall–Kier alpha value is -1.10. The third-order valence-electron chi connectivity index (χ3n) is 1.46. The number of nitrogens with zero attached hydrogens (tertiary/aromatic N) is 3. The third-order valence-corrected chi connectivity index (χ3v) is 1.46. The molecule has 0 atom stereocenters. The molecule has 5 nitrogen and oxygen atoms in total. The summed E-state index contributed by atoms with van der Waals surface area (Å²) in [6, 6.07) is 0.996. The molecule has 0 aliphatic heterocycles. The van der Waals surface area contributed by atoms with Gasteiger partial charge in [-0.05, 0) is 21.0 Å².